The van der Waals surface area contributed by atoms with Crippen LogP contribution in [0.1, 0.15) is 20.3 Å². The zero-order valence-corrected chi connectivity index (χ0v) is 9.24. The van der Waals surface area contributed by atoms with Crippen LogP contribution in [0, 0.1) is 11.8 Å². The van der Waals surface area contributed by atoms with E-state index in [4.69, 9.17) is 0 Å². The normalized spacial score (nSPS) is 12.6. The first-order valence-corrected chi connectivity index (χ1v) is 4.84. The van der Waals surface area contributed by atoms with Crippen LogP contribution in [0.3, 0.4) is 0 Å². The summed E-state index contributed by atoms with van der Waals surface area (Å²) >= 11 is 0. The Morgan fingerprint density at radius 2 is 2.06 bits per heavy atom. The molecule has 16 heavy (non-hydrogen) atoms. The molecule has 0 heterocycles. The molecule has 92 valence electrons. The summed E-state index contributed by atoms with van der Waals surface area (Å²) in [7, 11) is 0. The van der Waals surface area contributed by atoms with E-state index in [0.29, 0.717) is 13.0 Å². The van der Waals surface area contributed by atoms with E-state index in [-0.39, 0.29) is 0 Å². The molecule has 0 aliphatic carbocycles. The summed E-state index contributed by atoms with van der Waals surface area (Å²) in [6, 6.07) is -0.652. The smallest absolute Gasteiger partial charge is 0.346 e. The van der Waals surface area contributed by atoms with Gasteiger partial charge in [0.1, 0.15) is 6.54 Å². The summed E-state index contributed by atoms with van der Waals surface area (Å²) in [5.41, 5.74) is 0. The maximum atomic E-state index is 11.8. The van der Waals surface area contributed by atoms with Crippen LogP contribution in [-0.2, 0) is 4.79 Å². The van der Waals surface area contributed by atoms with Crippen LogP contribution >= 0.6 is 0 Å². The Morgan fingerprint density at radius 3 is 2.56 bits per heavy atom. The van der Waals surface area contributed by atoms with E-state index in [1.165, 1.54) is 6.92 Å². The summed E-state index contributed by atoms with van der Waals surface area (Å²) in [6.07, 6.45) is -3.81. The fourth-order valence-electron chi connectivity index (χ4n) is 0.909. The lowest BCUT2D eigenvalue weighted by atomic mass is 10.3. The molecule has 3 nitrogen and oxygen atoms in total. The topological polar surface area (TPSA) is 41.1 Å². The number of alkyl halides is 3. The first-order valence-electron chi connectivity index (χ1n) is 4.84. The molecular formula is C10H15F3N2O. The zero-order chi connectivity index (χ0) is 12.6. The van der Waals surface area contributed by atoms with Crippen LogP contribution in [0.25, 0.3) is 0 Å². The first kappa shape index (κ1) is 14.8. The molecule has 0 aromatic heterocycles. The van der Waals surface area contributed by atoms with Gasteiger partial charge in [0.25, 0.3) is 0 Å². The van der Waals surface area contributed by atoms with Crippen molar-refractivity contribution >= 4 is 5.91 Å². The minimum absolute atomic E-state index is 0.474. The van der Waals surface area contributed by atoms with Gasteiger partial charge in [-0.05, 0) is 13.8 Å². The number of nitrogens with one attached hydrogen (secondary N) is 2. The van der Waals surface area contributed by atoms with E-state index in [2.05, 4.69) is 17.2 Å². The Morgan fingerprint density at radius 1 is 1.44 bits per heavy atom. The predicted molar refractivity (Wildman–Crippen MR) is 54.6 cm³/mol. The Hall–Kier alpha value is -1.22. The van der Waals surface area contributed by atoms with Gasteiger partial charge in [0.05, 0.1) is 6.04 Å². The van der Waals surface area contributed by atoms with Gasteiger partial charge >= 0.3 is 6.18 Å². The number of halogens is 3. The van der Waals surface area contributed by atoms with E-state index in [0.717, 1.165) is 0 Å². The molecule has 1 unspecified atom stereocenters. The van der Waals surface area contributed by atoms with E-state index < -0.39 is 24.7 Å². The van der Waals surface area contributed by atoms with Gasteiger partial charge in [-0.1, -0.05) is 0 Å². The Labute approximate surface area is 92.8 Å². The molecule has 1 amide bonds. The summed E-state index contributed by atoms with van der Waals surface area (Å²) in [5, 5.41) is 4.57. The molecule has 2 N–H and O–H groups in total. The van der Waals surface area contributed by atoms with Gasteiger partial charge in [0, 0.05) is 13.0 Å². The second kappa shape index (κ2) is 7.12. The molecule has 0 saturated heterocycles. The number of rotatable bonds is 5. The van der Waals surface area contributed by atoms with Crippen molar-refractivity contribution in [2.45, 2.75) is 32.5 Å². The van der Waals surface area contributed by atoms with Gasteiger partial charge in [0.15, 0.2) is 0 Å². The molecular weight excluding hydrogens is 221 g/mol. The van der Waals surface area contributed by atoms with Crippen LogP contribution in [0.15, 0.2) is 0 Å². The third kappa shape index (κ3) is 8.12. The molecule has 0 aliphatic rings. The number of carbonyl (C=O) groups excluding carboxylic acids is 1. The standard InChI is InChI=1S/C10H15F3N2O/c1-3-4-5-6-14-8(2)9(16)15-7-10(11,12)13/h8,14H,5-7H2,1-2H3,(H,15,16). The largest absolute Gasteiger partial charge is 0.405 e. The quantitative estimate of drug-likeness (QED) is 0.553. The lowest BCUT2D eigenvalue weighted by Crippen LogP contribution is -2.45. The highest BCUT2D eigenvalue weighted by atomic mass is 19.4. The molecule has 0 spiro atoms. The van der Waals surface area contributed by atoms with Crippen molar-refractivity contribution < 1.29 is 18.0 Å². The fourth-order valence-corrected chi connectivity index (χ4v) is 0.909. The van der Waals surface area contributed by atoms with E-state index in [1.807, 2.05) is 0 Å². The fraction of sp³-hybridized carbons (Fsp3) is 0.700. The summed E-state index contributed by atoms with van der Waals surface area (Å²) < 4.78 is 35.3. The number of hydrogen-bond acceptors (Lipinski definition) is 2. The molecule has 0 aromatic rings. The zero-order valence-electron chi connectivity index (χ0n) is 9.24. The molecule has 0 rings (SSSR count). The monoisotopic (exact) mass is 236 g/mol. The second-order valence-corrected chi connectivity index (χ2v) is 3.19. The van der Waals surface area contributed by atoms with E-state index >= 15 is 0 Å². The molecule has 0 saturated carbocycles. The molecule has 6 heteroatoms. The van der Waals surface area contributed by atoms with Crippen molar-refractivity contribution in [3.8, 4) is 11.8 Å². The second-order valence-electron chi connectivity index (χ2n) is 3.19. The summed E-state index contributed by atoms with van der Waals surface area (Å²) in [5.74, 6) is 4.79. The third-order valence-electron chi connectivity index (χ3n) is 1.73. The van der Waals surface area contributed by atoms with Gasteiger partial charge < -0.3 is 10.6 Å². The van der Waals surface area contributed by atoms with Crippen LogP contribution in [0.5, 0.6) is 0 Å². The highest BCUT2D eigenvalue weighted by Gasteiger charge is 2.28. The predicted octanol–water partition coefficient (Wildman–Crippen LogP) is 1.06. The highest BCUT2D eigenvalue weighted by molar-refractivity contribution is 5.81. The average molecular weight is 236 g/mol. The number of hydrogen-bond donors (Lipinski definition) is 2. The lowest BCUT2D eigenvalue weighted by molar-refractivity contribution is -0.139. The van der Waals surface area contributed by atoms with Crippen molar-refractivity contribution in [3.63, 3.8) is 0 Å². The van der Waals surface area contributed by atoms with Crippen LogP contribution < -0.4 is 10.6 Å². The molecule has 0 radical (unpaired) electrons. The molecule has 0 fully saturated rings. The van der Waals surface area contributed by atoms with Gasteiger partial charge in [-0.2, -0.15) is 13.2 Å². The van der Waals surface area contributed by atoms with Crippen molar-refractivity contribution in [1.29, 1.82) is 0 Å². The van der Waals surface area contributed by atoms with Crippen LogP contribution in [-0.4, -0.2) is 31.2 Å². The molecule has 1 atom stereocenters. The maximum absolute atomic E-state index is 11.8. The molecule has 0 aliphatic heterocycles. The van der Waals surface area contributed by atoms with Gasteiger partial charge in [-0.25, -0.2) is 0 Å². The van der Waals surface area contributed by atoms with Gasteiger partial charge in [0.2, 0.25) is 5.91 Å². The van der Waals surface area contributed by atoms with Crippen molar-refractivity contribution in [3.05, 3.63) is 0 Å². The number of carbonyl (C=O) groups is 1. The average Bonchev–Trinajstić information content (AvgIpc) is 2.19. The minimum Gasteiger partial charge on any atom is -0.346 e. The minimum atomic E-state index is -4.37. The maximum Gasteiger partial charge on any atom is 0.405 e. The van der Waals surface area contributed by atoms with Crippen molar-refractivity contribution in [1.82, 2.24) is 10.6 Å². The Bertz CT molecular complexity index is 278. The Kier molecular flexibility index (Phi) is 6.58. The number of amides is 1. The highest BCUT2D eigenvalue weighted by Crippen LogP contribution is 2.12. The SMILES string of the molecule is CC#CCCNC(C)C(=O)NCC(F)(F)F. The van der Waals surface area contributed by atoms with E-state index in [9.17, 15) is 18.0 Å². The van der Waals surface area contributed by atoms with Crippen LogP contribution in [0.2, 0.25) is 0 Å². The summed E-state index contributed by atoms with van der Waals surface area (Å²) in [6.45, 7) is 2.37. The molecule has 0 bridgehead atoms. The van der Waals surface area contributed by atoms with Gasteiger partial charge in [-0.15, -0.1) is 11.8 Å². The van der Waals surface area contributed by atoms with Crippen LogP contribution in [0.4, 0.5) is 13.2 Å². The van der Waals surface area contributed by atoms with E-state index in [1.54, 1.807) is 12.2 Å². The van der Waals surface area contributed by atoms with Gasteiger partial charge in [-0.3, -0.25) is 4.79 Å². The molecule has 0 aromatic carbocycles. The first-order chi connectivity index (χ1) is 7.37. The summed E-state index contributed by atoms with van der Waals surface area (Å²) in [4.78, 5) is 11.1. The Balaban J connectivity index is 3.76. The lowest BCUT2D eigenvalue weighted by Gasteiger charge is -2.14. The van der Waals surface area contributed by atoms with Crippen molar-refractivity contribution in [2.75, 3.05) is 13.1 Å². The van der Waals surface area contributed by atoms with Crippen molar-refractivity contribution in [2.24, 2.45) is 0 Å². The third-order valence-corrected chi connectivity index (χ3v) is 1.73.